The highest BCUT2D eigenvalue weighted by Gasteiger charge is 2.15. The molecule has 0 unspecified atom stereocenters. The molecule has 4 heteroatoms. The fourth-order valence-electron chi connectivity index (χ4n) is 2.62. The molecule has 2 atom stereocenters. The second kappa shape index (κ2) is 9.78. The maximum atomic E-state index is 11.3. The molecule has 116 valence electrons. The van der Waals surface area contributed by atoms with E-state index in [1.54, 1.807) is 0 Å². The van der Waals surface area contributed by atoms with Gasteiger partial charge in [0.05, 0.1) is 25.7 Å². The Morgan fingerprint density at radius 3 is 2.90 bits per heavy atom. The standard InChI is InChI=1S/C16H29NO3/c1-4-20-15-12-8-7-11-14(17-15)10-6-5-9-13(2)16(18)19-3/h13-14H,4-12H2,1-3H3/t13-,14+/m0/s1. The third kappa shape index (κ3) is 6.40. The lowest BCUT2D eigenvalue weighted by Crippen LogP contribution is -2.13. The fraction of sp³-hybridized carbons (Fsp3) is 0.875. The van der Waals surface area contributed by atoms with Crippen molar-refractivity contribution in [3.8, 4) is 0 Å². The number of hydrogen-bond acceptors (Lipinski definition) is 4. The van der Waals surface area contributed by atoms with E-state index in [9.17, 15) is 4.79 Å². The molecule has 1 aliphatic rings. The number of unbranched alkanes of at least 4 members (excludes halogenated alkanes) is 1. The number of methoxy groups -OCH3 is 1. The largest absolute Gasteiger partial charge is 0.481 e. The summed E-state index contributed by atoms with van der Waals surface area (Å²) in [4.78, 5) is 16.0. The van der Waals surface area contributed by atoms with Crippen LogP contribution in [0.1, 0.15) is 65.2 Å². The van der Waals surface area contributed by atoms with E-state index in [-0.39, 0.29) is 11.9 Å². The van der Waals surface area contributed by atoms with Crippen LogP contribution in [0, 0.1) is 5.92 Å². The minimum atomic E-state index is -0.101. The molecule has 0 radical (unpaired) electrons. The minimum Gasteiger partial charge on any atom is -0.481 e. The average molecular weight is 283 g/mol. The summed E-state index contributed by atoms with van der Waals surface area (Å²) in [5, 5.41) is 0. The van der Waals surface area contributed by atoms with Crippen molar-refractivity contribution in [1.82, 2.24) is 0 Å². The van der Waals surface area contributed by atoms with Crippen LogP contribution in [-0.2, 0) is 14.3 Å². The molecule has 0 N–H and O–H groups in total. The minimum absolute atomic E-state index is 0.0108. The zero-order valence-corrected chi connectivity index (χ0v) is 13.2. The molecular weight excluding hydrogens is 254 g/mol. The average Bonchev–Trinajstić information content (AvgIpc) is 2.68. The predicted octanol–water partition coefficient (Wildman–Crippen LogP) is 3.73. The van der Waals surface area contributed by atoms with Crippen LogP contribution >= 0.6 is 0 Å². The van der Waals surface area contributed by atoms with Gasteiger partial charge in [-0.3, -0.25) is 9.79 Å². The quantitative estimate of drug-likeness (QED) is 0.528. The maximum absolute atomic E-state index is 11.3. The van der Waals surface area contributed by atoms with Crippen molar-refractivity contribution in [3.05, 3.63) is 0 Å². The Morgan fingerprint density at radius 1 is 1.40 bits per heavy atom. The molecule has 0 aromatic rings. The van der Waals surface area contributed by atoms with E-state index >= 15 is 0 Å². The van der Waals surface area contributed by atoms with Crippen LogP contribution in [0.4, 0.5) is 0 Å². The van der Waals surface area contributed by atoms with Crippen LogP contribution < -0.4 is 0 Å². The third-order valence-corrected chi connectivity index (χ3v) is 3.84. The Morgan fingerprint density at radius 2 is 2.20 bits per heavy atom. The van der Waals surface area contributed by atoms with E-state index in [1.165, 1.54) is 26.4 Å². The summed E-state index contributed by atoms with van der Waals surface area (Å²) < 4.78 is 10.3. The molecule has 0 fully saturated rings. The summed E-state index contributed by atoms with van der Waals surface area (Å²) in [6.07, 6.45) is 8.78. The van der Waals surface area contributed by atoms with Crippen LogP contribution in [0.15, 0.2) is 4.99 Å². The number of hydrogen-bond donors (Lipinski definition) is 0. The Hall–Kier alpha value is -1.06. The molecule has 0 aromatic carbocycles. The zero-order chi connectivity index (χ0) is 14.8. The monoisotopic (exact) mass is 283 g/mol. The van der Waals surface area contributed by atoms with Gasteiger partial charge in [-0.15, -0.1) is 0 Å². The molecule has 0 saturated heterocycles. The summed E-state index contributed by atoms with van der Waals surface area (Å²) in [6, 6.07) is 0.410. The Bertz CT molecular complexity index is 315. The first-order valence-corrected chi connectivity index (χ1v) is 7.94. The Balaban J connectivity index is 2.26. The van der Waals surface area contributed by atoms with Gasteiger partial charge >= 0.3 is 5.97 Å². The topological polar surface area (TPSA) is 47.9 Å². The van der Waals surface area contributed by atoms with E-state index in [2.05, 4.69) is 0 Å². The van der Waals surface area contributed by atoms with E-state index in [1.807, 2.05) is 13.8 Å². The predicted molar refractivity (Wildman–Crippen MR) is 81.0 cm³/mol. The lowest BCUT2D eigenvalue weighted by molar-refractivity contribution is -0.145. The van der Waals surface area contributed by atoms with Gasteiger partial charge < -0.3 is 9.47 Å². The molecule has 4 nitrogen and oxygen atoms in total. The first-order valence-electron chi connectivity index (χ1n) is 7.94. The smallest absolute Gasteiger partial charge is 0.308 e. The lowest BCUT2D eigenvalue weighted by Gasteiger charge is -2.13. The fourth-order valence-corrected chi connectivity index (χ4v) is 2.62. The molecule has 0 amide bonds. The van der Waals surface area contributed by atoms with Gasteiger partial charge in [0.15, 0.2) is 5.90 Å². The van der Waals surface area contributed by atoms with Crippen molar-refractivity contribution in [2.75, 3.05) is 13.7 Å². The number of esters is 1. The molecule has 0 aliphatic carbocycles. The highest BCUT2D eigenvalue weighted by Crippen LogP contribution is 2.20. The van der Waals surface area contributed by atoms with Crippen LogP contribution in [0.3, 0.4) is 0 Å². The van der Waals surface area contributed by atoms with Crippen molar-refractivity contribution in [2.45, 2.75) is 71.3 Å². The summed E-state index contributed by atoms with van der Waals surface area (Å²) in [6.45, 7) is 4.65. The first-order chi connectivity index (χ1) is 9.67. The lowest BCUT2D eigenvalue weighted by atomic mass is 10.00. The van der Waals surface area contributed by atoms with Gasteiger partial charge in [-0.2, -0.15) is 0 Å². The van der Waals surface area contributed by atoms with Crippen molar-refractivity contribution >= 4 is 11.9 Å². The summed E-state index contributed by atoms with van der Waals surface area (Å²) >= 11 is 0. The van der Waals surface area contributed by atoms with Crippen LogP contribution in [0.5, 0.6) is 0 Å². The number of ether oxygens (including phenoxy) is 2. The zero-order valence-electron chi connectivity index (χ0n) is 13.2. The van der Waals surface area contributed by atoms with E-state index < -0.39 is 0 Å². The van der Waals surface area contributed by atoms with Gasteiger partial charge in [-0.1, -0.05) is 26.2 Å². The van der Waals surface area contributed by atoms with Crippen molar-refractivity contribution < 1.29 is 14.3 Å². The van der Waals surface area contributed by atoms with Gasteiger partial charge in [0, 0.05) is 6.42 Å². The molecule has 0 bridgehead atoms. The highest BCUT2D eigenvalue weighted by molar-refractivity contribution is 5.76. The summed E-state index contributed by atoms with van der Waals surface area (Å²) in [7, 11) is 1.45. The molecule has 0 aromatic heterocycles. The third-order valence-electron chi connectivity index (χ3n) is 3.84. The van der Waals surface area contributed by atoms with Gasteiger partial charge in [0.1, 0.15) is 0 Å². The normalized spacial score (nSPS) is 20.8. The van der Waals surface area contributed by atoms with Crippen molar-refractivity contribution in [1.29, 1.82) is 0 Å². The molecule has 1 aliphatic heterocycles. The molecule has 0 spiro atoms. The Labute approximate surface area is 122 Å². The summed E-state index contributed by atoms with van der Waals surface area (Å²) in [5.41, 5.74) is 0. The van der Waals surface area contributed by atoms with Gasteiger partial charge in [-0.25, -0.2) is 0 Å². The maximum Gasteiger partial charge on any atom is 0.308 e. The van der Waals surface area contributed by atoms with Crippen LogP contribution in [0.2, 0.25) is 0 Å². The first kappa shape index (κ1) is 17.0. The summed E-state index contributed by atoms with van der Waals surface area (Å²) in [5.74, 6) is 0.852. The number of carbonyl (C=O) groups is 1. The van der Waals surface area contributed by atoms with Crippen molar-refractivity contribution in [3.63, 3.8) is 0 Å². The van der Waals surface area contributed by atoms with E-state index in [0.717, 1.165) is 38.0 Å². The molecule has 0 saturated carbocycles. The van der Waals surface area contributed by atoms with E-state index in [0.29, 0.717) is 12.6 Å². The van der Waals surface area contributed by atoms with Gasteiger partial charge in [0.25, 0.3) is 0 Å². The Kier molecular flexibility index (Phi) is 8.31. The number of nitrogens with zero attached hydrogens (tertiary/aromatic N) is 1. The molecular formula is C16H29NO3. The second-order valence-electron chi connectivity index (χ2n) is 5.56. The molecule has 20 heavy (non-hydrogen) atoms. The van der Waals surface area contributed by atoms with Crippen molar-refractivity contribution in [2.24, 2.45) is 10.9 Å². The van der Waals surface area contributed by atoms with E-state index in [4.69, 9.17) is 14.5 Å². The number of carbonyl (C=O) groups excluding carboxylic acids is 1. The number of aliphatic imine (C=N–C) groups is 1. The van der Waals surface area contributed by atoms with Gasteiger partial charge in [0.2, 0.25) is 0 Å². The second-order valence-corrected chi connectivity index (χ2v) is 5.56. The molecule has 1 heterocycles. The SMILES string of the molecule is CCOC1=N[C@H](CCCC[C@H](C)C(=O)OC)CCCC1. The van der Waals surface area contributed by atoms with Crippen LogP contribution in [0.25, 0.3) is 0 Å². The highest BCUT2D eigenvalue weighted by atomic mass is 16.5. The molecule has 1 rings (SSSR count). The van der Waals surface area contributed by atoms with Crippen LogP contribution in [-0.4, -0.2) is 31.6 Å². The number of rotatable bonds is 7. The van der Waals surface area contributed by atoms with Gasteiger partial charge in [-0.05, 0) is 32.6 Å².